The van der Waals surface area contributed by atoms with E-state index in [1.54, 1.807) is 19.1 Å². The molecule has 1 aromatic rings. The first-order chi connectivity index (χ1) is 13.8. The second-order valence-corrected chi connectivity index (χ2v) is 7.41. The molecule has 1 saturated heterocycles. The summed E-state index contributed by atoms with van der Waals surface area (Å²) in [7, 11) is 0. The molecule has 1 atom stereocenters. The number of hydrogen-bond donors (Lipinski definition) is 0. The maximum absolute atomic E-state index is 12.7. The van der Waals surface area contributed by atoms with E-state index in [4.69, 9.17) is 9.47 Å². The molecule has 5 amide bonds. The molecule has 2 aliphatic heterocycles. The number of ether oxygens (including phenoxy) is 2. The fourth-order valence-electron chi connectivity index (χ4n) is 3.26. The Labute approximate surface area is 169 Å². The highest BCUT2D eigenvalue weighted by Gasteiger charge is 2.45. The lowest BCUT2D eigenvalue weighted by atomic mass is 10.2. The third-order valence-corrected chi connectivity index (χ3v) is 4.70. The van der Waals surface area contributed by atoms with E-state index in [2.05, 4.69) is 0 Å². The van der Waals surface area contributed by atoms with Crippen LogP contribution in [0.4, 0.5) is 4.79 Å². The van der Waals surface area contributed by atoms with Crippen molar-refractivity contribution in [2.45, 2.75) is 26.9 Å². The number of urea groups is 1. The topological polar surface area (TPSA) is 96.5 Å². The molecule has 0 spiro atoms. The van der Waals surface area contributed by atoms with Gasteiger partial charge in [-0.3, -0.25) is 19.3 Å². The van der Waals surface area contributed by atoms with Crippen LogP contribution in [0, 0.1) is 5.92 Å². The molecular weight excluding hydrogens is 378 g/mol. The highest BCUT2D eigenvalue weighted by molar-refractivity contribution is 6.45. The summed E-state index contributed by atoms with van der Waals surface area (Å²) >= 11 is 0. The Bertz CT molecular complexity index is 824. The molecule has 3 rings (SSSR count). The number of hydrogen-bond acceptors (Lipinski definition) is 6. The molecule has 2 aliphatic rings. The molecule has 1 fully saturated rings. The zero-order valence-corrected chi connectivity index (χ0v) is 16.8. The predicted octanol–water partition coefficient (Wildman–Crippen LogP) is 1.12. The van der Waals surface area contributed by atoms with Crippen LogP contribution in [-0.4, -0.2) is 77.3 Å². The first-order valence-electron chi connectivity index (χ1n) is 9.65. The van der Waals surface area contributed by atoms with Gasteiger partial charge in [0.2, 0.25) is 5.91 Å². The normalized spacial score (nSPS) is 18.6. The molecule has 0 bridgehead atoms. The number of para-hydroxylation sites is 2. The number of imide groups is 2. The van der Waals surface area contributed by atoms with Gasteiger partial charge in [0.1, 0.15) is 13.2 Å². The van der Waals surface area contributed by atoms with E-state index >= 15 is 0 Å². The maximum atomic E-state index is 12.7. The Balaban J connectivity index is 1.62. The van der Waals surface area contributed by atoms with E-state index in [0.717, 1.165) is 4.90 Å². The van der Waals surface area contributed by atoms with Crippen LogP contribution < -0.4 is 9.47 Å². The molecule has 0 aromatic heterocycles. The monoisotopic (exact) mass is 403 g/mol. The quantitative estimate of drug-likeness (QED) is 0.500. The zero-order chi connectivity index (χ0) is 21.1. The minimum Gasteiger partial charge on any atom is -0.486 e. The summed E-state index contributed by atoms with van der Waals surface area (Å²) < 4.78 is 11.5. The molecule has 0 radical (unpaired) electrons. The van der Waals surface area contributed by atoms with Crippen molar-refractivity contribution in [1.29, 1.82) is 0 Å². The number of benzene rings is 1. The summed E-state index contributed by atoms with van der Waals surface area (Å²) in [6, 6.07) is 6.52. The fraction of sp³-hybridized carbons (Fsp3) is 0.500. The number of amides is 5. The molecule has 0 aliphatic carbocycles. The average molecular weight is 403 g/mol. The maximum Gasteiger partial charge on any atom is 0.334 e. The molecule has 2 heterocycles. The van der Waals surface area contributed by atoms with Crippen LogP contribution in [0.1, 0.15) is 20.8 Å². The Morgan fingerprint density at radius 3 is 2.45 bits per heavy atom. The fourth-order valence-corrected chi connectivity index (χ4v) is 3.26. The highest BCUT2D eigenvalue weighted by atomic mass is 16.6. The second-order valence-electron chi connectivity index (χ2n) is 7.41. The minimum atomic E-state index is -0.966. The summed E-state index contributed by atoms with van der Waals surface area (Å²) in [5.74, 6) is -1.02. The number of fused-ring (bicyclic) bond motifs is 1. The molecule has 0 unspecified atom stereocenters. The van der Waals surface area contributed by atoms with E-state index in [1.807, 2.05) is 26.0 Å². The summed E-state index contributed by atoms with van der Waals surface area (Å²) in [6.07, 6.45) is -0.377. The van der Waals surface area contributed by atoms with Gasteiger partial charge in [-0.05, 0) is 25.0 Å². The smallest absolute Gasteiger partial charge is 0.334 e. The van der Waals surface area contributed by atoms with Crippen molar-refractivity contribution in [3.05, 3.63) is 24.3 Å². The number of nitrogens with zero attached hydrogens (tertiary/aromatic N) is 3. The lowest BCUT2D eigenvalue weighted by Gasteiger charge is -2.31. The van der Waals surface area contributed by atoms with Gasteiger partial charge in [-0.15, -0.1) is 0 Å². The van der Waals surface area contributed by atoms with Crippen molar-refractivity contribution < 1.29 is 28.7 Å². The summed E-state index contributed by atoms with van der Waals surface area (Å²) in [6.45, 7) is 6.00. The van der Waals surface area contributed by atoms with E-state index in [1.165, 1.54) is 4.90 Å². The molecule has 0 N–H and O–H groups in total. The first kappa shape index (κ1) is 20.6. The van der Waals surface area contributed by atoms with Gasteiger partial charge < -0.3 is 14.4 Å². The summed E-state index contributed by atoms with van der Waals surface area (Å²) in [5.41, 5.74) is 0. The van der Waals surface area contributed by atoms with Crippen molar-refractivity contribution >= 4 is 23.8 Å². The SMILES string of the molecule is CCN(C[C@@H]1COc2ccccc2O1)C(=O)CN1C(=O)C(=O)N(CC(C)C)C1=O. The Hall–Kier alpha value is -3.10. The zero-order valence-electron chi connectivity index (χ0n) is 16.8. The van der Waals surface area contributed by atoms with Crippen LogP contribution in [0.3, 0.4) is 0 Å². The van der Waals surface area contributed by atoms with Crippen LogP contribution in [-0.2, 0) is 14.4 Å². The van der Waals surface area contributed by atoms with E-state index in [-0.39, 0.29) is 31.7 Å². The van der Waals surface area contributed by atoms with Crippen molar-refractivity contribution in [2.24, 2.45) is 5.92 Å². The average Bonchev–Trinajstić information content (AvgIpc) is 2.89. The standard InChI is InChI=1S/C20H25N3O6/c1-4-21(10-14-12-28-15-7-5-6-8-16(15)29-14)17(24)11-23-19(26)18(25)22(20(23)27)9-13(2)3/h5-8,13-14H,4,9-12H2,1-3H3/t14-/m1/s1. The lowest BCUT2D eigenvalue weighted by Crippen LogP contribution is -2.48. The van der Waals surface area contributed by atoms with Crippen molar-refractivity contribution in [1.82, 2.24) is 14.7 Å². The molecule has 9 heteroatoms. The van der Waals surface area contributed by atoms with Crippen molar-refractivity contribution in [3.63, 3.8) is 0 Å². The Morgan fingerprint density at radius 1 is 1.14 bits per heavy atom. The van der Waals surface area contributed by atoms with Gasteiger partial charge in [0.05, 0.1) is 6.54 Å². The van der Waals surface area contributed by atoms with Crippen LogP contribution >= 0.6 is 0 Å². The third-order valence-electron chi connectivity index (χ3n) is 4.70. The van der Waals surface area contributed by atoms with E-state index in [0.29, 0.717) is 22.9 Å². The largest absolute Gasteiger partial charge is 0.486 e. The second kappa shape index (κ2) is 8.50. The van der Waals surface area contributed by atoms with Crippen molar-refractivity contribution in [2.75, 3.05) is 32.8 Å². The van der Waals surface area contributed by atoms with Crippen LogP contribution in [0.25, 0.3) is 0 Å². The van der Waals surface area contributed by atoms with Gasteiger partial charge >= 0.3 is 17.8 Å². The minimum absolute atomic E-state index is 0.0184. The van der Waals surface area contributed by atoms with Gasteiger partial charge in [0.15, 0.2) is 17.6 Å². The molecule has 29 heavy (non-hydrogen) atoms. The van der Waals surface area contributed by atoms with E-state index < -0.39 is 30.3 Å². The summed E-state index contributed by atoms with van der Waals surface area (Å²) in [4.78, 5) is 52.5. The molecule has 156 valence electrons. The first-order valence-corrected chi connectivity index (χ1v) is 9.65. The van der Waals surface area contributed by atoms with Gasteiger partial charge in [-0.1, -0.05) is 26.0 Å². The molecule has 9 nitrogen and oxygen atoms in total. The van der Waals surface area contributed by atoms with Gasteiger partial charge in [-0.2, -0.15) is 0 Å². The highest BCUT2D eigenvalue weighted by Crippen LogP contribution is 2.31. The van der Waals surface area contributed by atoms with Gasteiger partial charge in [0, 0.05) is 13.1 Å². The van der Waals surface area contributed by atoms with Gasteiger partial charge in [0.25, 0.3) is 0 Å². The van der Waals surface area contributed by atoms with Crippen LogP contribution in [0.2, 0.25) is 0 Å². The third kappa shape index (κ3) is 4.33. The number of likely N-dealkylation sites (N-methyl/N-ethyl adjacent to an activating group) is 1. The number of carbonyl (C=O) groups is 4. The Morgan fingerprint density at radius 2 is 1.79 bits per heavy atom. The summed E-state index contributed by atoms with van der Waals surface area (Å²) in [5, 5.41) is 0. The number of rotatable bonds is 7. The van der Waals surface area contributed by atoms with Crippen LogP contribution in [0.5, 0.6) is 11.5 Å². The van der Waals surface area contributed by atoms with Crippen molar-refractivity contribution in [3.8, 4) is 11.5 Å². The predicted molar refractivity (Wildman–Crippen MR) is 102 cm³/mol. The van der Waals surface area contributed by atoms with Crippen LogP contribution in [0.15, 0.2) is 24.3 Å². The number of carbonyl (C=O) groups excluding carboxylic acids is 4. The molecular formula is C20H25N3O6. The van der Waals surface area contributed by atoms with E-state index in [9.17, 15) is 19.2 Å². The van der Waals surface area contributed by atoms with Gasteiger partial charge in [-0.25, -0.2) is 9.69 Å². The Kier molecular flexibility index (Phi) is 6.05. The molecule has 0 saturated carbocycles. The molecule has 1 aromatic carbocycles. The lowest BCUT2D eigenvalue weighted by molar-refractivity contribution is -0.145.